The summed E-state index contributed by atoms with van der Waals surface area (Å²) in [5.74, 6) is 1.14. The molecule has 0 unspecified atom stereocenters. The Hall–Kier alpha value is -1.62. The highest BCUT2D eigenvalue weighted by Crippen LogP contribution is 2.39. The summed E-state index contributed by atoms with van der Waals surface area (Å²) in [4.78, 5) is 12.8. The predicted molar refractivity (Wildman–Crippen MR) is 91.1 cm³/mol. The Morgan fingerprint density at radius 3 is 2.83 bits per heavy atom. The van der Waals surface area contributed by atoms with Gasteiger partial charge in [0.15, 0.2) is 10.9 Å². The highest BCUT2D eigenvalue weighted by Gasteiger charge is 2.30. The van der Waals surface area contributed by atoms with Gasteiger partial charge in [-0.25, -0.2) is 0 Å². The summed E-state index contributed by atoms with van der Waals surface area (Å²) in [5.41, 5.74) is 3.59. The van der Waals surface area contributed by atoms with Crippen LogP contribution in [-0.2, 0) is 12.8 Å². The third kappa shape index (κ3) is 2.82. The molecule has 5 heteroatoms. The molecule has 0 radical (unpaired) electrons. The maximum Gasteiger partial charge on any atom is 0.192 e. The van der Waals surface area contributed by atoms with Gasteiger partial charge in [0.1, 0.15) is 5.82 Å². The van der Waals surface area contributed by atoms with Crippen molar-refractivity contribution in [2.24, 2.45) is 0 Å². The molecule has 1 saturated carbocycles. The van der Waals surface area contributed by atoms with Gasteiger partial charge in [0.2, 0.25) is 0 Å². The van der Waals surface area contributed by atoms with Crippen molar-refractivity contribution in [3.8, 4) is 0 Å². The number of benzene rings is 1. The maximum atomic E-state index is 12.8. The predicted octanol–water partition coefficient (Wildman–Crippen LogP) is 3.77. The molecule has 0 amide bonds. The van der Waals surface area contributed by atoms with Gasteiger partial charge in [-0.15, -0.1) is 10.2 Å². The number of aryl methyl sites for hydroxylation is 3. The molecular formula is C18H21N3OS. The quantitative estimate of drug-likeness (QED) is 0.619. The van der Waals surface area contributed by atoms with Crippen LogP contribution in [0, 0.1) is 6.92 Å². The van der Waals surface area contributed by atoms with E-state index in [0.29, 0.717) is 6.04 Å². The van der Waals surface area contributed by atoms with E-state index in [9.17, 15) is 4.79 Å². The van der Waals surface area contributed by atoms with Crippen LogP contribution < -0.4 is 0 Å². The number of nitrogens with zero attached hydrogens (tertiary/aromatic N) is 3. The number of ketones is 1. The first kappa shape index (κ1) is 14.9. The summed E-state index contributed by atoms with van der Waals surface area (Å²) in [6.45, 7) is 3.96. The van der Waals surface area contributed by atoms with E-state index in [1.807, 2.05) is 19.9 Å². The normalized spacial score (nSPS) is 18.0. The molecule has 0 N–H and O–H groups in total. The summed E-state index contributed by atoms with van der Waals surface area (Å²) >= 11 is 1.54. The molecule has 120 valence electrons. The third-order valence-electron chi connectivity index (χ3n) is 4.78. The van der Waals surface area contributed by atoms with Crippen LogP contribution in [-0.4, -0.2) is 25.8 Å². The van der Waals surface area contributed by atoms with Gasteiger partial charge in [0, 0.05) is 11.6 Å². The minimum absolute atomic E-state index is 0.143. The van der Waals surface area contributed by atoms with E-state index < -0.39 is 0 Å². The number of aromatic nitrogens is 3. The number of thioether (sulfide) groups is 1. The first-order valence-electron chi connectivity index (χ1n) is 8.37. The first-order valence-corrected chi connectivity index (χ1v) is 9.25. The smallest absolute Gasteiger partial charge is 0.192 e. The fourth-order valence-electron chi connectivity index (χ4n) is 3.35. The Morgan fingerprint density at radius 2 is 2.04 bits per heavy atom. The maximum absolute atomic E-state index is 12.8. The molecular weight excluding hydrogens is 306 g/mol. The van der Waals surface area contributed by atoms with Gasteiger partial charge in [-0.1, -0.05) is 23.9 Å². The Labute approximate surface area is 140 Å². The molecule has 0 aliphatic heterocycles. The zero-order chi connectivity index (χ0) is 16.0. The number of Topliss-reactive ketones (excluding diaryl/α,β-unsaturated/α-hetero) is 1. The summed E-state index contributed by atoms with van der Waals surface area (Å²) < 4.78 is 2.19. The van der Waals surface area contributed by atoms with Crippen molar-refractivity contribution in [3.63, 3.8) is 0 Å². The van der Waals surface area contributed by atoms with E-state index in [4.69, 9.17) is 0 Å². The van der Waals surface area contributed by atoms with Crippen LogP contribution in [0.4, 0.5) is 0 Å². The minimum Gasteiger partial charge on any atom is -0.303 e. The number of carbonyl (C=O) groups excluding carboxylic acids is 1. The third-order valence-corrected chi connectivity index (χ3v) is 5.84. The van der Waals surface area contributed by atoms with Crippen LogP contribution in [0.3, 0.4) is 0 Å². The minimum atomic E-state index is -0.143. The Bertz CT molecular complexity index is 764. The lowest BCUT2D eigenvalue weighted by molar-refractivity contribution is 0.0993. The molecule has 4 rings (SSSR count). The fourth-order valence-corrected chi connectivity index (χ4v) is 4.40. The summed E-state index contributed by atoms with van der Waals surface area (Å²) in [7, 11) is 0. The Kier molecular flexibility index (Phi) is 3.76. The molecule has 1 fully saturated rings. The van der Waals surface area contributed by atoms with Gasteiger partial charge in [-0.05, 0) is 63.1 Å². The Morgan fingerprint density at radius 1 is 1.26 bits per heavy atom. The zero-order valence-electron chi connectivity index (χ0n) is 13.6. The van der Waals surface area contributed by atoms with Crippen molar-refractivity contribution in [2.45, 2.75) is 62.4 Å². The van der Waals surface area contributed by atoms with Crippen LogP contribution in [0.2, 0.25) is 0 Å². The van der Waals surface area contributed by atoms with Crippen LogP contribution in [0.1, 0.15) is 59.5 Å². The molecule has 0 spiro atoms. The molecule has 2 aliphatic carbocycles. The number of rotatable bonds is 5. The monoisotopic (exact) mass is 327 g/mol. The van der Waals surface area contributed by atoms with Crippen molar-refractivity contribution in [2.75, 3.05) is 0 Å². The van der Waals surface area contributed by atoms with Crippen molar-refractivity contribution in [1.82, 2.24) is 14.8 Å². The van der Waals surface area contributed by atoms with Crippen LogP contribution in [0.25, 0.3) is 0 Å². The average Bonchev–Trinajstić information content (AvgIpc) is 3.15. The molecule has 4 nitrogen and oxygen atoms in total. The SMILES string of the molecule is Cc1nnc(S[C@H](C)C(=O)c2ccc3c(c2)CCC3)n1C1CC1. The van der Waals surface area contributed by atoms with Crippen molar-refractivity contribution >= 4 is 17.5 Å². The lowest BCUT2D eigenvalue weighted by Gasteiger charge is -2.12. The molecule has 1 atom stereocenters. The van der Waals surface area contributed by atoms with Gasteiger partial charge in [-0.2, -0.15) is 0 Å². The van der Waals surface area contributed by atoms with Crippen molar-refractivity contribution in [1.29, 1.82) is 0 Å². The topological polar surface area (TPSA) is 47.8 Å². The number of hydrogen-bond donors (Lipinski definition) is 0. The number of hydrogen-bond acceptors (Lipinski definition) is 4. The summed E-state index contributed by atoms with van der Waals surface area (Å²) in [6.07, 6.45) is 5.85. The number of fused-ring (bicyclic) bond motifs is 1. The highest BCUT2D eigenvalue weighted by atomic mass is 32.2. The zero-order valence-corrected chi connectivity index (χ0v) is 14.4. The molecule has 1 aromatic heterocycles. The molecule has 0 bridgehead atoms. The second-order valence-corrected chi connectivity index (χ2v) is 7.90. The van der Waals surface area contributed by atoms with E-state index in [1.54, 1.807) is 0 Å². The second kappa shape index (κ2) is 5.78. The van der Waals surface area contributed by atoms with Crippen molar-refractivity contribution in [3.05, 3.63) is 40.7 Å². The van der Waals surface area contributed by atoms with Crippen molar-refractivity contribution < 1.29 is 4.79 Å². The Balaban J connectivity index is 1.52. The summed E-state index contributed by atoms with van der Waals surface area (Å²) in [6, 6.07) is 6.75. The van der Waals surface area contributed by atoms with Gasteiger partial charge in [0.25, 0.3) is 0 Å². The van der Waals surface area contributed by atoms with E-state index in [-0.39, 0.29) is 11.0 Å². The second-order valence-electron chi connectivity index (χ2n) is 6.59. The molecule has 0 saturated heterocycles. The molecule has 1 heterocycles. The van der Waals surface area contributed by atoms with Gasteiger partial charge >= 0.3 is 0 Å². The molecule has 2 aromatic rings. The molecule has 2 aliphatic rings. The first-order chi connectivity index (χ1) is 11.1. The van der Waals surface area contributed by atoms with E-state index in [0.717, 1.165) is 29.4 Å². The van der Waals surface area contributed by atoms with Crippen LogP contribution in [0.5, 0.6) is 0 Å². The molecule has 1 aromatic carbocycles. The van der Waals surface area contributed by atoms with Gasteiger partial charge < -0.3 is 4.57 Å². The highest BCUT2D eigenvalue weighted by molar-refractivity contribution is 8.00. The number of carbonyl (C=O) groups is 1. The van der Waals surface area contributed by atoms with Crippen LogP contribution >= 0.6 is 11.8 Å². The van der Waals surface area contributed by atoms with E-state index in [2.05, 4.69) is 26.9 Å². The van der Waals surface area contributed by atoms with E-state index >= 15 is 0 Å². The fraction of sp³-hybridized carbons (Fsp3) is 0.500. The van der Waals surface area contributed by atoms with Crippen LogP contribution in [0.15, 0.2) is 23.4 Å². The molecule has 23 heavy (non-hydrogen) atoms. The van der Waals surface area contributed by atoms with Gasteiger partial charge in [0.05, 0.1) is 5.25 Å². The lowest BCUT2D eigenvalue weighted by Crippen LogP contribution is -2.15. The lowest BCUT2D eigenvalue weighted by atomic mass is 10.0. The standard InChI is InChI=1S/C18H21N3OS/c1-11(23-18-20-19-12(2)21(18)16-8-9-16)17(22)15-7-6-13-4-3-5-14(13)10-15/h6-7,10-11,16H,3-5,8-9H2,1-2H3/t11-/m1/s1. The van der Waals surface area contributed by atoms with Gasteiger partial charge in [-0.3, -0.25) is 4.79 Å². The van der Waals surface area contributed by atoms with E-state index in [1.165, 1.54) is 42.2 Å². The average molecular weight is 327 g/mol. The summed E-state index contributed by atoms with van der Waals surface area (Å²) in [5, 5.41) is 9.20. The largest absolute Gasteiger partial charge is 0.303 e.